The van der Waals surface area contributed by atoms with Gasteiger partial charge in [0.2, 0.25) is 5.88 Å². The second kappa shape index (κ2) is 14.3. The third-order valence-corrected chi connectivity index (χ3v) is 9.33. The van der Waals surface area contributed by atoms with Crippen LogP contribution in [0, 0.1) is 0 Å². The maximum absolute atomic E-state index is 14.1. The van der Waals surface area contributed by atoms with Gasteiger partial charge in [-0.05, 0) is 93.7 Å². The fraction of sp³-hybridized carbons (Fsp3) is 0.394. The summed E-state index contributed by atoms with van der Waals surface area (Å²) in [5.74, 6) is -2.47. The summed E-state index contributed by atoms with van der Waals surface area (Å²) in [6, 6.07) is 12.3. The van der Waals surface area contributed by atoms with E-state index in [2.05, 4.69) is 25.4 Å². The van der Waals surface area contributed by atoms with Gasteiger partial charge in [0.1, 0.15) is 12.1 Å². The van der Waals surface area contributed by atoms with Crippen molar-refractivity contribution in [3.8, 4) is 5.88 Å². The van der Waals surface area contributed by atoms with E-state index in [0.717, 1.165) is 36.4 Å². The Morgan fingerprint density at radius 1 is 1.06 bits per heavy atom. The summed E-state index contributed by atoms with van der Waals surface area (Å²) in [5, 5.41) is 10.6. The molecule has 10 nitrogen and oxygen atoms in total. The molecule has 2 aromatic carbocycles. The standard InChI is InChI=1S/C33H33Cl2F3N6O4/c1-43-12-8-19(9-13-43)20-2-4-24(27(17-20)44(32(46)33(36,37)38)23-10-14-47-15-11-23)31(45)40-30-29-26(41-42-30)6-7-28(39-29)48-18-21-16-22(34)3-5-25(21)35/h2-7,16-17,19,23H,8-15,18H2,1H3,(H2,40,41,42,45). The van der Waals surface area contributed by atoms with Crippen LogP contribution < -0.4 is 15.0 Å². The second-order valence-corrected chi connectivity index (χ2v) is 12.8. The van der Waals surface area contributed by atoms with E-state index in [-0.39, 0.29) is 67.0 Å². The van der Waals surface area contributed by atoms with Gasteiger partial charge in [-0.15, -0.1) is 0 Å². The first-order chi connectivity index (χ1) is 23.0. The van der Waals surface area contributed by atoms with Crippen molar-refractivity contribution in [1.29, 1.82) is 0 Å². The summed E-state index contributed by atoms with van der Waals surface area (Å²) < 4.78 is 53.6. The number of ether oxygens (including phenoxy) is 2. The van der Waals surface area contributed by atoms with Gasteiger partial charge in [0.25, 0.3) is 5.91 Å². The predicted octanol–water partition coefficient (Wildman–Crippen LogP) is 6.98. The maximum atomic E-state index is 14.1. The molecule has 48 heavy (non-hydrogen) atoms. The molecular weight excluding hydrogens is 672 g/mol. The van der Waals surface area contributed by atoms with Gasteiger partial charge in [0, 0.05) is 40.9 Å². The van der Waals surface area contributed by atoms with E-state index in [1.807, 2.05) is 7.05 Å². The number of carbonyl (C=O) groups is 2. The highest BCUT2D eigenvalue weighted by Crippen LogP contribution is 2.37. The molecule has 4 heterocycles. The number of nitrogens with one attached hydrogen (secondary N) is 2. The highest BCUT2D eigenvalue weighted by atomic mass is 35.5. The van der Waals surface area contributed by atoms with Gasteiger partial charge >= 0.3 is 12.1 Å². The molecule has 0 radical (unpaired) electrons. The van der Waals surface area contributed by atoms with Crippen LogP contribution >= 0.6 is 23.2 Å². The zero-order valence-electron chi connectivity index (χ0n) is 25.9. The molecule has 2 aromatic heterocycles. The van der Waals surface area contributed by atoms with E-state index in [4.69, 9.17) is 32.7 Å². The number of hydrogen-bond acceptors (Lipinski definition) is 7. The lowest BCUT2D eigenvalue weighted by molar-refractivity contribution is -0.171. The molecule has 15 heteroatoms. The largest absolute Gasteiger partial charge is 0.473 e. The summed E-state index contributed by atoms with van der Waals surface area (Å²) in [4.78, 5) is 34.4. The van der Waals surface area contributed by atoms with E-state index in [0.29, 0.717) is 21.1 Å². The minimum atomic E-state index is -5.16. The maximum Gasteiger partial charge on any atom is 0.471 e. The smallest absolute Gasteiger partial charge is 0.471 e. The van der Waals surface area contributed by atoms with E-state index in [1.165, 1.54) is 6.07 Å². The zero-order chi connectivity index (χ0) is 34.0. The van der Waals surface area contributed by atoms with Crippen LogP contribution in [0.15, 0.2) is 48.5 Å². The van der Waals surface area contributed by atoms with Gasteiger partial charge in [-0.2, -0.15) is 18.3 Å². The number of hydrogen-bond donors (Lipinski definition) is 2. The number of rotatable bonds is 8. The van der Waals surface area contributed by atoms with E-state index < -0.39 is 24.0 Å². The SMILES string of the molecule is CN1CCC(c2ccc(C(=O)Nc3n[nH]c4ccc(OCc5cc(Cl)ccc5Cl)nc34)c(N(C(=O)C(F)(F)F)C3CCOCC3)c2)CC1. The van der Waals surface area contributed by atoms with Gasteiger partial charge in [0.15, 0.2) is 5.82 Å². The molecule has 0 bridgehead atoms. The number of alkyl halides is 3. The van der Waals surface area contributed by atoms with Crippen LogP contribution in [0.5, 0.6) is 5.88 Å². The average molecular weight is 706 g/mol. The fourth-order valence-electron chi connectivity index (χ4n) is 6.12. The van der Waals surface area contributed by atoms with Crippen molar-refractivity contribution in [3.05, 3.63) is 75.3 Å². The number of H-pyrrole nitrogens is 1. The van der Waals surface area contributed by atoms with Crippen LogP contribution in [0.2, 0.25) is 10.0 Å². The lowest BCUT2D eigenvalue weighted by Crippen LogP contribution is -2.50. The number of nitrogens with zero attached hydrogens (tertiary/aromatic N) is 4. The van der Waals surface area contributed by atoms with Gasteiger partial charge in [0.05, 0.1) is 16.8 Å². The Kier molecular flexibility index (Phi) is 10.1. The molecule has 0 unspecified atom stereocenters. The first-order valence-corrected chi connectivity index (χ1v) is 16.3. The molecule has 254 valence electrons. The monoisotopic (exact) mass is 704 g/mol. The molecule has 2 aliphatic heterocycles. The third-order valence-electron chi connectivity index (χ3n) is 8.73. The number of likely N-dealkylation sites (tertiary alicyclic amines) is 1. The Labute approximate surface area is 284 Å². The molecule has 0 spiro atoms. The van der Waals surface area contributed by atoms with Crippen LogP contribution in [0.4, 0.5) is 24.7 Å². The van der Waals surface area contributed by atoms with Crippen LogP contribution in [0.1, 0.15) is 53.1 Å². The number of aromatic amines is 1. The number of carbonyl (C=O) groups excluding carboxylic acids is 2. The average Bonchev–Trinajstić information content (AvgIpc) is 3.47. The molecule has 0 saturated carbocycles. The summed E-state index contributed by atoms with van der Waals surface area (Å²) in [7, 11) is 2.02. The van der Waals surface area contributed by atoms with Crippen LogP contribution in [0.25, 0.3) is 11.0 Å². The number of pyridine rings is 1. The highest BCUT2D eigenvalue weighted by molar-refractivity contribution is 6.33. The quantitative estimate of drug-likeness (QED) is 0.204. The molecule has 0 aliphatic carbocycles. The normalized spacial score (nSPS) is 16.6. The minimum Gasteiger partial charge on any atom is -0.473 e. The molecule has 6 rings (SSSR count). The Morgan fingerprint density at radius 3 is 2.54 bits per heavy atom. The van der Waals surface area contributed by atoms with Gasteiger partial charge in [-0.1, -0.05) is 29.3 Å². The van der Waals surface area contributed by atoms with E-state index in [9.17, 15) is 22.8 Å². The lowest BCUT2D eigenvalue weighted by Gasteiger charge is -2.36. The van der Waals surface area contributed by atoms with Crippen LogP contribution in [-0.4, -0.2) is 77.5 Å². The third kappa shape index (κ3) is 7.54. The summed E-state index contributed by atoms with van der Waals surface area (Å²) in [5.41, 5.74) is 1.95. The van der Waals surface area contributed by atoms with Crippen molar-refractivity contribution in [1.82, 2.24) is 20.1 Å². The fourth-order valence-corrected chi connectivity index (χ4v) is 6.48. The topological polar surface area (TPSA) is 113 Å². The van der Waals surface area contributed by atoms with Crippen molar-refractivity contribution in [2.24, 2.45) is 0 Å². The number of halogens is 5. The first-order valence-electron chi connectivity index (χ1n) is 15.5. The van der Waals surface area contributed by atoms with Gasteiger partial charge in [-0.3, -0.25) is 14.7 Å². The second-order valence-electron chi connectivity index (χ2n) is 12.0. The summed E-state index contributed by atoms with van der Waals surface area (Å²) >= 11 is 12.3. The molecule has 2 aliphatic rings. The Hall–Kier alpha value is -3.91. The summed E-state index contributed by atoms with van der Waals surface area (Å²) in [6.45, 7) is 2.11. The highest BCUT2D eigenvalue weighted by Gasteiger charge is 2.46. The minimum absolute atomic E-state index is 0.0337. The zero-order valence-corrected chi connectivity index (χ0v) is 27.5. The summed E-state index contributed by atoms with van der Waals surface area (Å²) in [6.07, 6.45) is -3.18. The Balaban J connectivity index is 1.33. The number of benzene rings is 2. The van der Waals surface area contributed by atoms with E-state index >= 15 is 0 Å². The number of fused-ring (bicyclic) bond motifs is 1. The molecule has 2 saturated heterocycles. The first kappa shape index (κ1) is 34.0. The van der Waals surface area contributed by atoms with Crippen LogP contribution in [0.3, 0.4) is 0 Å². The molecule has 2 N–H and O–H groups in total. The van der Waals surface area contributed by atoms with Crippen LogP contribution in [-0.2, 0) is 16.1 Å². The van der Waals surface area contributed by atoms with E-state index in [1.54, 1.807) is 42.5 Å². The Bertz CT molecular complexity index is 1810. The number of piperidine rings is 1. The Morgan fingerprint density at radius 2 is 1.81 bits per heavy atom. The van der Waals surface area contributed by atoms with Gasteiger partial charge < -0.3 is 24.6 Å². The van der Waals surface area contributed by atoms with Gasteiger partial charge in [-0.25, -0.2) is 4.98 Å². The van der Waals surface area contributed by atoms with Crippen molar-refractivity contribution >= 4 is 57.6 Å². The van der Waals surface area contributed by atoms with Crippen molar-refractivity contribution in [2.75, 3.05) is 43.6 Å². The predicted molar refractivity (Wildman–Crippen MR) is 176 cm³/mol. The molecule has 4 aromatic rings. The number of anilines is 2. The number of amides is 2. The molecular formula is C33H33Cl2F3N6O4. The number of aromatic nitrogens is 3. The molecule has 2 fully saturated rings. The van der Waals surface area contributed by atoms with Crippen molar-refractivity contribution in [3.63, 3.8) is 0 Å². The molecule has 2 amide bonds. The van der Waals surface area contributed by atoms with Crippen molar-refractivity contribution < 1.29 is 32.2 Å². The van der Waals surface area contributed by atoms with Crippen molar-refractivity contribution in [2.45, 2.75) is 50.4 Å². The molecule has 0 atom stereocenters. The lowest BCUT2D eigenvalue weighted by atomic mass is 9.88.